The zero-order chi connectivity index (χ0) is 15.1. The number of anilines is 1. The number of thioether (sulfide) groups is 1. The van der Waals surface area contributed by atoms with Crippen molar-refractivity contribution < 1.29 is 13.9 Å². The van der Waals surface area contributed by atoms with Gasteiger partial charge in [-0.2, -0.15) is 0 Å². The molecule has 112 valence electrons. The van der Waals surface area contributed by atoms with E-state index < -0.39 is 0 Å². The van der Waals surface area contributed by atoms with Gasteiger partial charge in [0.15, 0.2) is 11.5 Å². The molecule has 0 amide bonds. The highest BCUT2D eigenvalue weighted by Crippen LogP contribution is 2.27. The Balaban J connectivity index is 1.83. The largest absolute Gasteiger partial charge is 0.490 e. The summed E-state index contributed by atoms with van der Waals surface area (Å²) in [5.74, 6) is 1.79. The van der Waals surface area contributed by atoms with Crippen molar-refractivity contribution in [1.29, 1.82) is 0 Å². The number of para-hydroxylation sites is 2. The standard InChI is InChI=1S/C16H18FNO2S/c1-2-19-15-5-3-4-6-16(15)20-9-10-21-12-7-8-14(18)13(17)11-12/h3-8,11H,2,9-10,18H2,1H3. The van der Waals surface area contributed by atoms with Gasteiger partial charge in [0, 0.05) is 10.6 Å². The molecule has 0 atom stereocenters. The molecule has 2 aromatic rings. The number of ether oxygens (including phenoxy) is 2. The maximum Gasteiger partial charge on any atom is 0.161 e. The number of hydrogen-bond donors (Lipinski definition) is 1. The highest BCUT2D eigenvalue weighted by molar-refractivity contribution is 7.99. The van der Waals surface area contributed by atoms with E-state index in [2.05, 4.69) is 0 Å². The first-order valence-electron chi connectivity index (χ1n) is 6.73. The third-order valence-corrected chi connectivity index (χ3v) is 3.69. The minimum atomic E-state index is -0.386. The monoisotopic (exact) mass is 307 g/mol. The van der Waals surface area contributed by atoms with Gasteiger partial charge in [0.2, 0.25) is 0 Å². The first-order valence-corrected chi connectivity index (χ1v) is 7.71. The van der Waals surface area contributed by atoms with Crippen LogP contribution in [0.3, 0.4) is 0 Å². The molecule has 0 saturated carbocycles. The molecule has 0 radical (unpaired) electrons. The molecule has 0 aliphatic rings. The molecule has 21 heavy (non-hydrogen) atoms. The summed E-state index contributed by atoms with van der Waals surface area (Å²) in [6.45, 7) is 3.04. The molecule has 0 aliphatic carbocycles. The Morgan fingerprint density at radius 3 is 2.48 bits per heavy atom. The zero-order valence-electron chi connectivity index (χ0n) is 11.8. The average Bonchev–Trinajstić information content (AvgIpc) is 2.49. The van der Waals surface area contributed by atoms with Crippen LogP contribution >= 0.6 is 11.8 Å². The van der Waals surface area contributed by atoms with Gasteiger partial charge in [-0.05, 0) is 37.3 Å². The van der Waals surface area contributed by atoms with Gasteiger partial charge in [0.1, 0.15) is 5.82 Å². The van der Waals surface area contributed by atoms with Crippen LogP contribution < -0.4 is 15.2 Å². The summed E-state index contributed by atoms with van der Waals surface area (Å²) in [7, 11) is 0. The van der Waals surface area contributed by atoms with E-state index in [4.69, 9.17) is 15.2 Å². The third kappa shape index (κ3) is 4.56. The van der Waals surface area contributed by atoms with Crippen LogP contribution in [0.15, 0.2) is 47.4 Å². The van der Waals surface area contributed by atoms with E-state index in [1.54, 1.807) is 12.1 Å². The molecule has 0 saturated heterocycles. The van der Waals surface area contributed by atoms with Gasteiger partial charge >= 0.3 is 0 Å². The van der Waals surface area contributed by atoms with Gasteiger partial charge in [-0.3, -0.25) is 0 Å². The van der Waals surface area contributed by atoms with Crippen molar-refractivity contribution in [1.82, 2.24) is 0 Å². The Kier molecular flexibility index (Phi) is 5.75. The minimum absolute atomic E-state index is 0.168. The number of nitrogen functional groups attached to an aromatic ring is 1. The lowest BCUT2D eigenvalue weighted by Crippen LogP contribution is -2.02. The van der Waals surface area contributed by atoms with Gasteiger partial charge in [0.05, 0.1) is 18.9 Å². The molecule has 2 aromatic carbocycles. The zero-order valence-corrected chi connectivity index (χ0v) is 12.7. The molecule has 3 nitrogen and oxygen atoms in total. The van der Waals surface area contributed by atoms with E-state index in [0.29, 0.717) is 19.0 Å². The van der Waals surface area contributed by atoms with Crippen molar-refractivity contribution in [3.63, 3.8) is 0 Å². The SMILES string of the molecule is CCOc1ccccc1OCCSc1ccc(N)c(F)c1. The van der Waals surface area contributed by atoms with E-state index in [0.717, 1.165) is 16.4 Å². The summed E-state index contributed by atoms with van der Waals surface area (Å²) < 4.78 is 24.5. The number of hydrogen-bond acceptors (Lipinski definition) is 4. The van der Waals surface area contributed by atoms with Gasteiger partial charge in [-0.15, -0.1) is 11.8 Å². The van der Waals surface area contributed by atoms with Crippen LogP contribution in [0.25, 0.3) is 0 Å². The van der Waals surface area contributed by atoms with E-state index in [1.165, 1.54) is 17.8 Å². The van der Waals surface area contributed by atoms with Crippen LogP contribution in [0, 0.1) is 5.82 Å². The molecular weight excluding hydrogens is 289 g/mol. The number of halogens is 1. The second-order valence-corrected chi connectivity index (χ2v) is 5.43. The molecule has 0 aliphatic heterocycles. The lowest BCUT2D eigenvalue weighted by atomic mass is 10.3. The van der Waals surface area contributed by atoms with Crippen molar-refractivity contribution >= 4 is 17.4 Å². The Morgan fingerprint density at radius 1 is 1.10 bits per heavy atom. The van der Waals surface area contributed by atoms with Gasteiger partial charge < -0.3 is 15.2 Å². The van der Waals surface area contributed by atoms with Crippen molar-refractivity contribution in [3.05, 3.63) is 48.3 Å². The van der Waals surface area contributed by atoms with Crippen molar-refractivity contribution in [3.8, 4) is 11.5 Å². The first-order chi connectivity index (χ1) is 10.2. The molecule has 5 heteroatoms. The summed E-state index contributed by atoms with van der Waals surface area (Å²) in [6, 6.07) is 12.4. The fourth-order valence-corrected chi connectivity index (χ4v) is 2.51. The van der Waals surface area contributed by atoms with Gasteiger partial charge in [-0.1, -0.05) is 12.1 Å². The molecule has 0 spiro atoms. The fourth-order valence-electron chi connectivity index (χ4n) is 1.75. The predicted octanol–water partition coefficient (Wildman–Crippen LogP) is 3.98. The first kappa shape index (κ1) is 15.5. The molecule has 0 bridgehead atoms. The minimum Gasteiger partial charge on any atom is -0.490 e. The number of nitrogens with two attached hydrogens (primary N) is 1. The third-order valence-electron chi connectivity index (χ3n) is 2.73. The molecule has 2 N–H and O–H groups in total. The highest BCUT2D eigenvalue weighted by atomic mass is 32.2. The lowest BCUT2D eigenvalue weighted by molar-refractivity contribution is 0.289. The Hall–Kier alpha value is -1.88. The van der Waals surface area contributed by atoms with Crippen LogP contribution in [0.2, 0.25) is 0 Å². The maximum absolute atomic E-state index is 13.3. The van der Waals surface area contributed by atoms with E-state index in [9.17, 15) is 4.39 Å². The normalized spacial score (nSPS) is 10.4. The topological polar surface area (TPSA) is 44.5 Å². The Morgan fingerprint density at radius 2 is 1.81 bits per heavy atom. The van der Waals surface area contributed by atoms with Gasteiger partial charge in [0.25, 0.3) is 0 Å². The molecule has 2 rings (SSSR count). The van der Waals surface area contributed by atoms with E-state index >= 15 is 0 Å². The lowest BCUT2D eigenvalue weighted by Gasteiger charge is -2.11. The van der Waals surface area contributed by atoms with Crippen molar-refractivity contribution in [2.75, 3.05) is 24.7 Å². The molecule has 0 fully saturated rings. The summed E-state index contributed by atoms with van der Waals surface area (Å²) in [5, 5.41) is 0. The van der Waals surface area contributed by atoms with E-state index in [1.807, 2.05) is 31.2 Å². The molecular formula is C16H18FNO2S. The van der Waals surface area contributed by atoms with Crippen LogP contribution in [0.1, 0.15) is 6.92 Å². The van der Waals surface area contributed by atoms with Crippen molar-refractivity contribution in [2.24, 2.45) is 0 Å². The maximum atomic E-state index is 13.3. The molecule has 0 unspecified atom stereocenters. The predicted molar refractivity (Wildman–Crippen MR) is 84.6 cm³/mol. The summed E-state index contributed by atoms with van der Waals surface area (Å²) >= 11 is 1.52. The van der Waals surface area contributed by atoms with E-state index in [-0.39, 0.29) is 11.5 Å². The molecule has 0 heterocycles. The number of rotatable bonds is 7. The average molecular weight is 307 g/mol. The second-order valence-electron chi connectivity index (χ2n) is 4.26. The fraction of sp³-hybridized carbons (Fsp3) is 0.250. The molecule has 0 aromatic heterocycles. The van der Waals surface area contributed by atoms with Crippen molar-refractivity contribution in [2.45, 2.75) is 11.8 Å². The highest BCUT2D eigenvalue weighted by Gasteiger charge is 2.04. The van der Waals surface area contributed by atoms with Crippen LogP contribution in [0.4, 0.5) is 10.1 Å². The Labute approximate surface area is 128 Å². The summed E-state index contributed by atoms with van der Waals surface area (Å²) in [5.41, 5.74) is 5.61. The van der Waals surface area contributed by atoms with Crippen LogP contribution in [-0.4, -0.2) is 19.0 Å². The van der Waals surface area contributed by atoms with Crippen LogP contribution in [-0.2, 0) is 0 Å². The smallest absolute Gasteiger partial charge is 0.161 e. The number of benzene rings is 2. The van der Waals surface area contributed by atoms with Crippen LogP contribution in [0.5, 0.6) is 11.5 Å². The second kappa shape index (κ2) is 7.78. The quantitative estimate of drug-likeness (QED) is 0.477. The Bertz CT molecular complexity index is 592. The summed E-state index contributed by atoms with van der Waals surface area (Å²) in [6.07, 6.45) is 0. The van der Waals surface area contributed by atoms with Gasteiger partial charge in [-0.25, -0.2) is 4.39 Å². The summed E-state index contributed by atoms with van der Waals surface area (Å²) in [4.78, 5) is 0.836.